The van der Waals surface area contributed by atoms with Gasteiger partial charge in [-0.15, -0.1) is 10.2 Å². The molecule has 5 aliphatic heterocycles. The zero-order valence-corrected chi connectivity index (χ0v) is 28.8. The second-order valence-corrected chi connectivity index (χ2v) is 14.4. The minimum absolute atomic E-state index is 0.0976. The van der Waals surface area contributed by atoms with Crippen LogP contribution in [-0.4, -0.2) is 132 Å². The molecular weight excluding hydrogens is 650 g/mol. The summed E-state index contributed by atoms with van der Waals surface area (Å²) in [5.41, 5.74) is 3.84. The zero-order valence-electron chi connectivity index (χ0n) is 28.8. The van der Waals surface area contributed by atoms with Gasteiger partial charge in [0, 0.05) is 70.5 Å². The highest BCUT2D eigenvalue weighted by Gasteiger charge is 2.45. The molecule has 0 saturated carbocycles. The number of carbonyl (C=O) groups excluding carboxylic acids is 4. The number of phenolic OH excluding ortho intramolecular Hbond substituents is 1. The van der Waals surface area contributed by atoms with Crippen molar-refractivity contribution in [1.29, 1.82) is 0 Å². The molecule has 14 heteroatoms. The van der Waals surface area contributed by atoms with E-state index in [1.165, 1.54) is 0 Å². The number of nitrogens with one attached hydrogen (secondary N) is 2. The smallest absolute Gasteiger partial charge is 0.262 e. The van der Waals surface area contributed by atoms with E-state index in [0.29, 0.717) is 34.3 Å². The molecule has 1 aromatic heterocycles. The number of aromatic hydroxyl groups is 1. The highest BCUT2D eigenvalue weighted by molar-refractivity contribution is 6.23. The molecule has 2 aromatic carbocycles. The SMILES string of the molecule is CN(CCN1CCC(CN2CCN3c4cc(-c5ccccc5O)nnc4NCC3C2)CC1)c1ccc2c(c1)C(=O)N(C1CCC(=O)NC1=O)C2=O. The van der Waals surface area contributed by atoms with Crippen LogP contribution in [0.3, 0.4) is 0 Å². The summed E-state index contributed by atoms with van der Waals surface area (Å²) in [5, 5.41) is 24.9. The minimum atomic E-state index is -0.966. The van der Waals surface area contributed by atoms with Crippen LogP contribution in [0.4, 0.5) is 17.2 Å². The molecule has 6 heterocycles. The van der Waals surface area contributed by atoms with Crippen LogP contribution in [-0.2, 0) is 9.59 Å². The quantitative estimate of drug-likeness (QED) is 0.296. The van der Waals surface area contributed by atoms with Gasteiger partial charge in [0.2, 0.25) is 11.8 Å². The van der Waals surface area contributed by atoms with Crippen molar-refractivity contribution in [2.45, 2.75) is 37.8 Å². The Labute approximate surface area is 296 Å². The number of likely N-dealkylation sites (tertiary alicyclic amines) is 1. The van der Waals surface area contributed by atoms with E-state index in [9.17, 15) is 24.3 Å². The molecule has 3 N–H and O–H groups in total. The zero-order chi connectivity index (χ0) is 35.2. The molecule has 266 valence electrons. The van der Waals surface area contributed by atoms with Crippen LogP contribution in [0, 0.1) is 5.92 Å². The number of imide groups is 2. The Bertz CT molecular complexity index is 1880. The molecule has 0 radical (unpaired) electrons. The lowest BCUT2D eigenvalue weighted by Gasteiger charge is -2.47. The van der Waals surface area contributed by atoms with E-state index in [1.807, 2.05) is 31.3 Å². The third-order valence-corrected chi connectivity index (χ3v) is 11.2. The van der Waals surface area contributed by atoms with Crippen molar-refractivity contribution in [3.8, 4) is 17.0 Å². The van der Waals surface area contributed by atoms with Gasteiger partial charge in [-0.05, 0) is 74.7 Å². The van der Waals surface area contributed by atoms with Crippen LogP contribution in [0.15, 0.2) is 48.5 Å². The fourth-order valence-corrected chi connectivity index (χ4v) is 8.22. The Morgan fingerprint density at radius 2 is 1.69 bits per heavy atom. The Morgan fingerprint density at radius 1 is 0.882 bits per heavy atom. The van der Waals surface area contributed by atoms with E-state index in [1.54, 1.807) is 24.3 Å². The number of fused-ring (bicyclic) bond motifs is 4. The molecule has 2 atom stereocenters. The maximum atomic E-state index is 13.3. The van der Waals surface area contributed by atoms with Gasteiger partial charge < -0.3 is 25.1 Å². The Kier molecular flexibility index (Phi) is 8.80. The number of benzene rings is 2. The van der Waals surface area contributed by atoms with E-state index in [4.69, 9.17) is 0 Å². The molecule has 3 aromatic rings. The summed E-state index contributed by atoms with van der Waals surface area (Å²) in [4.78, 5) is 61.0. The molecule has 3 fully saturated rings. The van der Waals surface area contributed by atoms with Gasteiger partial charge in [-0.25, -0.2) is 0 Å². The number of piperazine rings is 1. The summed E-state index contributed by atoms with van der Waals surface area (Å²) in [6.07, 6.45) is 2.55. The molecule has 3 saturated heterocycles. The number of nitrogens with zero attached hydrogens (tertiary/aromatic N) is 7. The number of phenols is 1. The number of aromatic nitrogens is 2. The fraction of sp³-hybridized carbons (Fsp3) is 0.459. The van der Waals surface area contributed by atoms with Gasteiger partial charge >= 0.3 is 0 Å². The number of anilines is 3. The second-order valence-electron chi connectivity index (χ2n) is 14.4. The van der Waals surface area contributed by atoms with Crippen molar-refractivity contribution in [1.82, 2.24) is 30.2 Å². The third kappa shape index (κ3) is 6.38. The lowest BCUT2D eigenvalue weighted by atomic mass is 9.95. The molecule has 14 nitrogen and oxygen atoms in total. The number of para-hydroxylation sites is 1. The average molecular weight is 694 g/mol. The maximum absolute atomic E-state index is 13.3. The number of carbonyl (C=O) groups is 4. The number of hydrogen-bond donors (Lipinski definition) is 3. The monoisotopic (exact) mass is 693 g/mol. The Balaban J connectivity index is 0.809. The van der Waals surface area contributed by atoms with Gasteiger partial charge in [0.15, 0.2) is 5.82 Å². The van der Waals surface area contributed by atoms with Gasteiger partial charge in [-0.3, -0.25) is 34.3 Å². The molecule has 0 spiro atoms. The lowest BCUT2D eigenvalue weighted by Crippen LogP contribution is -2.58. The van der Waals surface area contributed by atoms with Crippen LogP contribution in [0.1, 0.15) is 46.4 Å². The number of piperidine rings is 2. The van der Waals surface area contributed by atoms with Crippen molar-refractivity contribution < 1.29 is 24.3 Å². The summed E-state index contributed by atoms with van der Waals surface area (Å²) in [6.45, 7) is 8.59. The third-order valence-electron chi connectivity index (χ3n) is 11.2. The lowest BCUT2D eigenvalue weighted by molar-refractivity contribution is -0.136. The van der Waals surface area contributed by atoms with E-state index >= 15 is 0 Å². The predicted molar refractivity (Wildman–Crippen MR) is 191 cm³/mol. The first-order chi connectivity index (χ1) is 24.7. The largest absolute Gasteiger partial charge is 0.507 e. The standard InChI is InChI=1S/C37H43N9O5/c1-42(24-6-7-26-28(18-24)37(51)46(36(26)50)30-8-9-33(48)39-35(30)49)14-15-43-12-10-23(11-13-43)21-44-16-17-45-25(22-44)20-38-34-31(45)19-29(40-41-34)27-4-2-3-5-32(27)47/h2-7,18-19,23,25,30,47H,8-17,20-22H2,1H3,(H,38,41)(H,39,48,49). The Morgan fingerprint density at radius 3 is 2.49 bits per heavy atom. The van der Waals surface area contributed by atoms with Crippen molar-refractivity contribution in [2.24, 2.45) is 5.92 Å². The van der Waals surface area contributed by atoms with Crippen LogP contribution in [0.5, 0.6) is 5.75 Å². The van der Waals surface area contributed by atoms with Crippen molar-refractivity contribution >= 4 is 40.8 Å². The highest BCUT2D eigenvalue weighted by atomic mass is 16.3. The average Bonchev–Trinajstić information content (AvgIpc) is 3.39. The maximum Gasteiger partial charge on any atom is 0.262 e. The first kappa shape index (κ1) is 33.1. The first-order valence-corrected chi connectivity index (χ1v) is 17.9. The predicted octanol–water partition coefficient (Wildman–Crippen LogP) is 2.01. The van der Waals surface area contributed by atoms with Crippen LogP contribution >= 0.6 is 0 Å². The van der Waals surface area contributed by atoms with Crippen LogP contribution in [0.25, 0.3) is 11.3 Å². The number of rotatable bonds is 8. The number of amides is 4. The van der Waals surface area contributed by atoms with Gasteiger partial charge in [-0.1, -0.05) is 12.1 Å². The molecular formula is C37H43N9O5. The summed E-state index contributed by atoms with van der Waals surface area (Å²) < 4.78 is 0. The minimum Gasteiger partial charge on any atom is -0.507 e. The van der Waals surface area contributed by atoms with Gasteiger partial charge in [0.05, 0.1) is 28.6 Å². The molecule has 0 aliphatic carbocycles. The Hall–Kier alpha value is -5.08. The summed E-state index contributed by atoms with van der Waals surface area (Å²) in [7, 11) is 1.99. The van der Waals surface area contributed by atoms with Gasteiger partial charge in [0.1, 0.15) is 11.8 Å². The molecule has 51 heavy (non-hydrogen) atoms. The summed E-state index contributed by atoms with van der Waals surface area (Å²) in [5.74, 6) is -0.310. The molecule has 5 aliphatic rings. The van der Waals surface area contributed by atoms with Gasteiger partial charge in [-0.2, -0.15) is 0 Å². The van der Waals surface area contributed by atoms with Crippen LogP contribution < -0.4 is 20.4 Å². The van der Waals surface area contributed by atoms with Gasteiger partial charge in [0.25, 0.3) is 11.8 Å². The molecule has 2 unspecified atom stereocenters. The topological polar surface area (TPSA) is 155 Å². The molecule has 4 amide bonds. The van der Waals surface area contributed by atoms with E-state index < -0.39 is 23.8 Å². The number of hydrogen-bond acceptors (Lipinski definition) is 12. The second kappa shape index (κ2) is 13.6. The normalized spacial score (nSPS) is 22.7. The summed E-state index contributed by atoms with van der Waals surface area (Å²) in [6, 6.07) is 13.9. The molecule has 0 bridgehead atoms. The summed E-state index contributed by atoms with van der Waals surface area (Å²) >= 11 is 0. The van der Waals surface area contributed by atoms with Crippen molar-refractivity contribution in [3.63, 3.8) is 0 Å². The first-order valence-electron chi connectivity index (χ1n) is 17.9. The molecule has 8 rings (SSSR count). The van der Waals surface area contributed by atoms with E-state index in [-0.39, 0.29) is 24.5 Å². The van der Waals surface area contributed by atoms with Crippen molar-refractivity contribution in [2.75, 3.05) is 81.1 Å². The van der Waals surface area contributed by atoms with E-state index in [0.717, 1.165) is 93.8 Å². The number of likely N-dealkylation sites (N-methyl/N-ethyl adjacent to an activating group) is 1. The van der Waals surface area contributed by atoms with Crippen molar-refractivity contribution in [3.05, 3.63) is 59.7 Å². The van der Waals surface area contributed by atoms with Crippen LogP contribution in [0.2, 0.25) is 0 Å². The fourth-order valence-electron chi connectivity index (χ4n) is 8.22. The highest BCUT2D eigenvalue weighted by Crippen LogP contribution is 2.36. The van der Waals surface area contributed by atoms with E-state index in [2.05, 4.69) is 40.4 Å².